The Balaban J connectivity index is 1.19. The number of carbonyl (C=O) groups is 3. The molecule has 34 heavy (non-hydrogen) atoms. The molecule has 2 aliphatic carbocycles. The zero-order valence-electron chi connectivity index (χ0n) is 18.7. The highest BCUT2D eigenvalue weighted by Gasteiger charge is 2.40. The molecule has 2 aromatic rings. The minimum atomic E-state index is -1.04. The van der Waals surface area contributed by atoms with E-state index in [9.17, 15) is 19.5 Å². The monoisotopic (exact) mass is 464 g/mol. The molecule has 1 heterocycles. The lowest BCUT2D eigenvalue weighted by atomic mass is 9.79. The van der Waals surface area contributed by atoms with Gasteiger partial charge in [0.05, 0.1) is 6.04 Å². The zero-order chi connectivity index (χ0) is 23.7. The van der Waals surface area contributed by atoms with E-state index >= 15 is 0 Å². The summed E-state index contributed by atoms with van der Waals surface area (Å²) in [5, 5.41) is 14.8. The Morgan fingerprint density at radius 2 is 1.65 bits per heavy atom. The molecule has 1 saturated carbocycles. The van der Waals surface area contributed by atoms with Crippen LogP contribution in [0.2, 0.25) is 0 Å². The molecule has 0 bridgehead atoms. The Bertz CT molecular complexity index is 1050. The molecule has 2 amide bonds. The van der Waals surface area contributed by atoms with Crippen molar-refractivity contribution in [3.63, 3.8) is 0 Å². The maximum absolute atomic E-state index is 12.7. The molecular formula is C26H28N2O6. The molecule has 5 rings (SSSR count). The minimum absolute atomic E-state index is 0.0589. The van der Waals surface area contributed by atoms with Crippen molar-refractivity contribution in [3.05, 3.63) is 59.7 Å². The first-order valence-corrected chi connectivity index (χ1v) is 11.8. The number of carbonyl (C=O) groups excluding carboxylic acids is 2. The molecule has 3 N–H and O–H groups in total. The number of fused-ring (bicyclic) bond motifs is 3. The molecule has 178 valence electrons. The van der Waals surface area contributed by atoms with Crippen LogP contribution in [0.25, 0.3) is 11.1 Å². The summed E-state index contributed by atoms with van der Waals surface area (Å²) in [6.07, 6.45) is 1.42. The maximum atomic E-state index is 12.7. The van der Waals surface area contributed by atoms with Crippen LogP contribution in [0.15, 0.2) is 48.5 Å². The fourth-order valence-electron chi connectivity index (χ4n) is 5.18. The van der Waals surface area contributed by atoms with Crippen molar-refractivity contribution in [2.24, 2.45) is 5.92 Å². The summed E-state index contributed by atoms with van der Waals surface area (Å²) in [5.74, 6) is -1.68. The number of carboxylic acids is 1. The average Bonchev–Trinajstić information content (AvgIpc) is 3.38. The SMILES string of the molecule is O=C(N[C@H]1CCO[C@H]1C(=O)NC(C(=O)O)C1CCC1)OCC1c2ccccc2-c2ccccc21. The third-order valence-corrected chi connectivity index (χ3v) is 7.18. The molecular weight excluding hydrogens is 436 g/mol. The lowest BCUT2D eigenvalue weighted by Gasteiger charge is -2.32. The number of hydrogen-bond acceptors (Lipinski definition) is 5. The van der Waals surface area contributed by atoms with Gasteiger partial charge in [0.15, 0.2) is 6.10 Å². The third-order valence-electron chi connectivity index (χ3n) is 7.18. The largest absolute Gasteiger partial charge is 0.480 e. The number of alkyl carbamates (subject to hydrolysis) is 1. The van der Waals surface area contributed by atoms with Crippen LogP contribution >= 0.6 is 0 Å². The highest BCUT2D eigenvalue weighted by atomic mass is 16.6. The van der Waals surface area contributed by atoms with E-state index in [1.165, 1.54) is 0 Å². The number of ether oxygens (including phenoxy) is 2. The van der Waals surface area contributed by atoms with Crippen molar-refractivity contribution < 1.29 is 29.0 Å². The normalized spacial score (nSPS) is 22.2. The van der Waals surface area contributed by atoms with Crippen molar-refractivity contribution in [2.45, 2.75) is 49.8 Å². The van der Waals surface area contributed by atoms with Crippen molar-refractivity contribution in [3.8, 4) is 11.1 Å². The van der Waals surface area contributed by atoms with E-state index in [1.807, 2.05) is 36.4 Å². The summed E-state index contributed by atoms with van der Waals surface area (Å²) >= 11 is 0. The number of benzene rings is 2. The highest BCUT2D eigenvalue weighted by molar-refractivity contribution is 5.87. The first-order valence-electron chi connectivity index (χ1n) is 11.8. The first kappa shape index (κ1) is 22.4. The van der Waals surface area contributed by atoms with E-state index in [0.29, 0.717) is 13.0 Å². The van der Waals surface area contributed by atoms with Crippen LogP contribution in [0, 0.1) is 5.92 Å². The molecule has 2 aromatic carbocycles. The maximum Gasteiger partial charge on any atom is 0.407 e. The molecule has 1 unspecified atom stereocenters. The topological polar surface area (TPSA) is 114 Å². The standard InChI is InChI=1S/C26H28N2O6/c29-24(28-22(25(30)31)15-6-5-7-15)23-21(12-13-33-23)27-26(32)34-14-20-18-10-3-1-8-16(18)17-9-2-4-11-19(17)20/h1-4,8-11,15,20-23H,5-7,12-14H2,(H,27,32)(H,28,29)(H,30,31)/t21-,22?,23+/m0/s1. The van der Waals surface area contributed by atoms with Crippen LogP contribution in [0.1, 0.15) is 42.7 Å². The van der Waals surface area contributed by atoms with Crippen molar-refractivity contribution in [1.82, 2.24) is 10.6 Å². The van der Waals surface area contributed by atoms with E-state index in [-0.39, 0.29) is 18.4 Å². The van der Waals surface area contributed by atoms with Crippen LogP contribution in [-0.4, -0.2) is 54.5 Å². The molecule has 1 aliphatic heterocycles. The fraction of sp³-hybridized carbons (Fsp3) is 0.423. The fourth-order valence-corrected chi connectivity index (χ4v) is 5.18. The second kappa shape index (κ2) is 9.46. The summed E-state index contributed by atoms with van der Waals surface area (Å²) in [6.45, 7) is 0.473. The summed E-state index contributed by atoms with van der Waals surface area (Å²) in [6, 6.07) is 14.7. The van der Waals surface area contributed by atoms with Gasteiger partial charge in [-0.2, -0.15) is 0 Å². The van der Waals surface area contributed by atoms with Crippen LogP contribution in [0.3, 0.4) is 0 Å². The van der Waals surface area contributed by atoms with Crippen LogP contribution in [0.5, 0.6) is 0 Å². The number of amides is 2. The van der Waals surface area contributed by atoms with E-state index in [1.54, 1.807) is 0 Å². The number of hydrogen-bond donors (Lipinski definition) is 3. The summed E-state index contributed by atoms with van der Waals surface area (Å²) in [7, 11) is 0. The molecule has 0 radical (unpaired) electrons. The van der Waals surface area contributed by atoms with Crippen LogP contribution in [-0.2, 0) is 19.1 Å². The summed E-state index contributed by atoms with van der Waals surface area (Å²) in [5.41, 5.74) is 4.53. The van der Waals surface area contributed by atoms with Gasteiger partial charge >= 0.3 is 12.1 Å². The predicted molar refractivity (Wildman–Crippen MR) is 123 cm³/mol. The Labute approximate surface area is 197 Å². The zero-order valence-corrected chi connectivity index (χ0v) is 18.7. The molecule has 0 spiro atoms. The van der Waals surface area contributed by atoms with Crippen LogP contribution in [0.4, 0.5) is 4.79 Å². The number of nitrogens with one attached hydrogen (secondary N) is 2. The van der Waals surface area contributed by atoms with Gasteiger partial charge in [0.2, 0.25) is 0 Å². The van der Waals surface area contributed by atoms with Gasteiger partial charge in [0.1, 0.15) is 12.6 Å². The first-order chi connectivity index (χ1) is 16.5. The lowest BCUT2D eigenvalue weighted by Crippen LogP contribution is -2.55. The van der Waals surface area contributed by atoms with Gasteiger partial charge in [-0.05, 0) is 47.4 Å². The van der Waals surface area contributed by atoms with Gasteiger partial charge < -0.3 is 25.2 Å². The molecule has 1 saturated heterocycles. The van der Waals surface area contributed by atoms with Gasteiger partial charge in [0, 0.05) is 12.5 Å². The smallest absolute Gasteiger partial charge is 0.407 e. The molecule has 3 aliphatic rings. The number of rotatable bonds is 7. The van der Waals surface area contributed by atoms with Gasteiger partial charge in [-0.25, -0.2) is 9.59 Å². The Morgan fingerprint density at radius 1 is 1.00 bits per heavy atom. The molecule has 0 aromatic heterocycles. The summed E-state index contributed by atoms with van der Waals surface area (Å²) < 4.78 is 11.1. The molecule has 8 nitrogen and oxygen atoms in total. The Hall–Kier alpha value is -3.39. The molecule has 8 heteroatoms. The predicted octanol–water partition coefficient (Wildman–Crippen LogP) is 3.05. The Morgan fingerprint density at radius 3 is 2.24 bits per heavy atom. The second-order valence-corrected chi connectivity index (χ2v) is 9.17. The van der Waals surface area contributed by atoms with E-state index in [4.69, 9.17) is 9.47 Å². The van der Waals surface area contributed by atoms with Gasteiger partial charge in [-0.1, -0.05) is 55.0 Å². The minimum Gasteiger partial charge on any atom is -0.480 e. The number of carboxylic acid groups (broad SMARTS) is 1. The van der Waals surface area contributed by atoms with Crippen LogP contribution < -0.4 is 10.6 Å². The van der Waals surface area contributed by atoms with Gasteiger partial charge in [0.25, 0.3) is 5.91 Å². The summed E-state index contributed by atoms with van der Waals surface area (Å²) in [4.78, 5) is 37.0. The van der Waals surface area contributed by atoms with Crippen molar-refractivity contribution in [1.29, 1.82) is 0 Å². The second-order valence-electron chi connectivity index (χ2n) is 9.17. The third kappa shape index (κ3) is 4.25. The van der Waals surface area contributed by atoms with Gasteiger partial charge in [-0.15, -0.1) is 0 Å². The molecule has 2 fully saturated rings. The highest BCUT2D eigenvalue weighted by Crippen LogP contribution is 2.44. The number of aliphatic carboxylic acids is 1. The Kier molecular flexibility index (Phi) is 6.24. The average molecular weight is 465 g/mol. The molecule has 3 atom stereocenters. The van der Waals surface area contributed by atoms with Gasteiger partial charge in [-0.3, -0.25) is 4.79 Å². The van der Waals surface area contributed by atoms with E-state index in [2.05, 4.69) is 22.8 Å². The van der Waals surface area contributed by atoms with E-state index < -0.39 is 36.2 Å². The lowest BCUT2D eigenvalue weighted by molar-refractivity contribution is -0.146. The quantitative estimate of drug-likeness (QED) is 0.580. The van der Waals surface area contributed by atoms with Crippen molar-refractivity contribution in [2.75, 3.05) is 13.2 Å². The van der Waals surface area contributed by atoms with Crippen molar-refractivity contribution >= 4 is 18.0 Å². The van der Waals surface area contributed by atoms with E-state index in [0.717, 1.165) is 41.5 Å².